The van der Waals surface area contributed by atoms with Crippen LogP contribution in [0.4, 0.5) is 0 Å². The minimum atomic E-state index is -3.72. The lowest BCUT2D eigenvalue weighted by atomic mass is 10.2. The molecule has 0 atom stereocenters. The van der Waals surface area contributed by atoms with Crippen LogP contribution in [0.2, 0.25) is 5.02 Å². The van der Waals surface area contributed by atoms with Gasteiger partial charge in [0.1, 0.15) is 6.61 Å². The normalized spacial score (nSPS) is 11.4. The highest BCUT2D eigenvalue weighted by molar-refractivity contribution is 7.89. The summed E-state index contributed by atoms with van der Waals surface area (Å²) in [6, 6.07) is 20.7. The van der Waals surface area contributed by atoms with Crippen LogP contribution >= 0.6 is 11.6 Å². The Balaban J connectivity index is 1.71. The molecule has 0 unspecified atom stereocenters. The molecule has 0 saturated heterocycles. The van der Waals surface area contributed by atoms with E-state index in [1.165, 1.54) is 18.3 Å². The number of hydrogen-bond acceptors (Lipinski definition) is 5. The standard InChI is InChI=1S/C22H21ClN2O4S/c1-2-28-22-14-17(15-24-25-30(26,27)19-9-4-3-5-10-19)12-13-21(22)29-16-18-8-6-7-11-20(18)23/h3-15,25H,2,16H2,1H3/b24-15+. The number of nitrogens with zero attached hydrogens (tertiary/aromatic N) is 1. The molecule has 3 aromatic rings. The van der Waals surface area contributed by atoms with Crippen LogP contribution in [-0.4, -0.2) is 21.2 Å². The minimum Gasteiger partial charge on any atom is -0.490 e. The predicted molar refractivity (Wildman–Crippen MR) is 118 cm³/mol. The second kappa shape index (κ2) is 10.1. The van der Waals surface area contributed by atoms with E-state index in [1.807, 2.05) is 25.1 Å². The Morgan fingerprint density at radius 1 is 0.967 bits per heavy atom. The summed E-state index contributed by atoms with van der Waals surface area (Å²) in [5.41, 5.74) is 1.52. The van der Waals surface area contributed by atoms with Crippen LogP contribution in [-0.2, 0) is 16.6 Å². The molecule has 0 fully saturated rings. The number of benzene rings is 3. The summed E-state index contributed by atoms with van der Waals surface area (Å²) >= 11 is 6.17. The largest absolute Gasteiger partial charge is 0.490 e. The third kappa shape index (κ3) is 5.75. The van der Waals surface area contributed by atoms with E-state index in [-0.39, 0.29) is 4.90 Å². The van der Waals surface area contributed by atoms with Crippen molar-refractivity contribution >= 4 is 27.8 Å². The Labute approximate surface area is 181 Å². The average molecular weight is 445 g/mol. The highest BCUT2D eigenvalue weighted by atomic mass is 35.5. The van der Waals surface area contributed by atoms with Gasteiger partial charge in [0.25, 0.3) is 10.0 Å². The summed E-state index contributed by atoms with van der Waals surface area (Å²) in [6.07, 6.45) is 1.40. The maximum Gasteiger partial charge on any atom is 0.276 e. The van der Waals surface area contributed by atoms with E-state index in [2.05, 4.69) is 9.93 Å². The molecule has 0 saturated carbocycles. The van der Waals surface area contributed by atoms with E-state index in [1.54, 1.807) is 42.5 Å². The highest BCUT2D eigenvalue weighted by Gasteiger charge is 2.11. The first-order valence-electron chi connectivity index (χ1n) is 9.22. The van der Waals surface area contributed by atoms with Crippen molar-refractivity contribution in [3.8, 4) is 11.5 Å². The molecule has 0 aliphatic rings. The number of hydrogen-bond donors (Lipinski definition) is 1. The molecule has 30 heavy (non-hydrogen) atoms. The van der Waals surface area contributed by atoms with Gasteiger partial charge in [0.05, 0.1) is 17.7 Å². The highest BCUT2D eigenvalue weighted by Crippen LogP contribution is 2.29. The lowest BCUT2D eigenvalue weighted by Crippen LogP contribution is -2.18. The van der Waals surface area contributed by atoms with Crippen molar-refractivity contribution in [2.75, 3.05) is 6.61 Å². The fourth-order valence-corrected chi connectivity index (χ4v) is 3.59. The number of sulfonamides is 1. The second-order valence-corrected chi connectivity index (χ2v) is 8.25. The monoisotopic (exact) mass is 444 g/mol. The number of rotatable bonds is 9. The van der Waals surface area contributed by atoms with Crippen molar-refractivity contribution in [1.82, 2.24) is 4.83 Å². The van der Waals surface area contributed by atoms with Crippen LogP contribution in [0.25, 0.3) is 0 Å². The molecule has 0 spiro atoms. The van der Waals surface area contributed by atoms with Gasteiger partial charge >= 0.3 is 0 Å². The van der Waals surface area contributed by atoms with Crippen molar-refractivity contribution in [3.05, 3.63) is 88.9 Å². The van der Waals surface area contributed by atoms with Crippen LogP contribution in [0.1, 0.15) is 18.1 Å². The van der Waals surface area contributed by atoms with Gasteiger partial charge in [-0.25, -0.2) is 4.83 Å². The van der Waals surface area contributed by atoms with E-state index in [9.17, 15) is 8.42 Å². The van der Waals surface area contributed by atoms with E-state index in [0.717, 1.165) is 5.56 Å². The number of nitrogens with one attached hydrogen (secondary N) is 1. The zero-order valence-electron chi connectivity index (χ0n) is 16.3. The van der Waals surface area contributed by atoms with Crippen LogP contribution < -0.4 is 14.3 Å². The van der Waals surface area contributed by atoms with E-state index in [0.29, 0.717) is 35.3 Å². The molecule has 0 heterocycles. The molecule has 156 valence electrons. The Hall–Kier alpha value is -3.03. The number of halogens is 1. The maximum atomic E-state index is 12.2. The number of ether oxygens (including phenoxy) is 2. The van der Waals surface area contributed by atoms with Gasteiger partial charge in [-0.05, 0) is 48.9 Å². The summed E-state index contributed by atoms with van der Waals surface area (Å²) in [5.74, 6) is 1.08. The zero-order valence-corrected chi connectivity index (χ0v) is 17.9. The minimum absolute atomic E-state index is 0.139. The summed E-state index contributed by atoms with van der Waals surface area (Å²) in [6.45, 7) is 2.61. The molecule has 6 nitrogen and oxygen atoms in total. The molecule has 3 aromatic carbocycles. The predicted octanol–water partition coefficient (Wildman–Crippen LogP) is 4.63. The quantitative estimate of drug-likeness (QED) is 0.385. The Kier molecular flexibility index (Phi) is 7.32. The first-order chi connectivity index (χ1) is 14.5. The van der Waals surface area contributed by atoms with E-state index < -0.39 is 10.0 Å². The van der Waals surface area contributed by atoms with Crippen molar-refractivity contribution in [2.45, 2.75) is 18.4 Å². The molecule has 0 aromatic heterocycles. The summed E-state index contributed by atoms with van der Waals surface area (Å²) in [4.78, 5) is 2.34. The lowest BCUT2D eigenvalue weighted by molar-refractivity contribution is 0.269. The summed E-state index contributed by atoms with van der Waals surface area (Å²) < 4.78 is 35.9. The first kappa shape index (κ1) is 21.7. The molecule has 3 rings (SSSR count). The van der Waals surface area contributed by atoms with E-state index >= 15 is 0 Å². The van der Waals surface area contributed by atoms with Crippen molar-refractivity contribution in [2.24, 2.45) is 5.10 Å². The SMILES string of the molecule is CCOc1cc(/C=N/NS(=O)(=O)c2ccccc2)ccc1OCc1ccccc1Cl. The average Bonchev–Trinajstić information content (AvgIpc) is 2.75. The Bertz CT molecular complexity index is 1120. The van der Waals surface area contributed by atoms with Gasteiger partial charge in [-0.15, -0.1) is 0 Å². The fraction of sp³-hybridized carbons (Fsp3) is 0.136. The molecule has 8 heteroatoms. The Morgan fingerprint density at radius 2 is 1.70 bits per heavy atom. The third-order valence-corrected chi connectivity index (χ3v) is 5.66. The molecule has 0 aliphatic carbocycles. The molecular formula is C22H21ClN2O4S. The molecule has 1 N–H and O–H groups in total. The molecule has 0 radical (unpaired) electrons. The smallest absolute Gasteiger partial charge is 0.276 e. The van der Waals surface area contributed by atoms with Crippen molar-refractivity contribution in [3.63, 3.8) is 0 Å². The van der Waals surface area contributed by atoms with Crippen LogP contribution in [0, 0.1) is 0 Å². The third-order valence-electron chi connectivity index (χ3n) is 4.05. The van der Waals surface area contributed by atoms with E-state index in [4.69, 9.17) is 21.1 Å². The van der Waals surface area contributed by atoms with Crippen LogP contribution in [0.3, 0.4) is 0 Å². The lowest BCUT2D eigenvalue weighted by Gasteiger charge is -2.13. The van der Waals surface area contributed by atoms with Gasteiger partial charge in [-0.2, -0.15) is 13.5 Å². The van der Waals surface area contributed by atoms with Gasteiger partial charge in [-0.3, -0.25) is 0 Å². The summed E-state index contributed by atoms with van der Waals surface area (Å²) in [5, 5.41) is 4.48. The molecule has 0 amide bonds. The summed E-state index contributed by atoms with van der Waals surface area (Å²) in [7, 11) is -3.72. The second-order valence-electron chi connectivity index (χ2n) is 6.19. The van der Waals surface area contributed by atoms with Gasteiger partial charge in [0.2, 0.25) is 0 Å². The molecular weight excluding hydrogens is 424 g/mol. The molecule has 0 bridgehead atoms. The Morgan fingerprint density at radius 3 is 2.43 bits per heavy atom. The topological polar surface area (TPSA) is 77.0 Å². The first-order valence-corrected chi connectivity index (χ1v) is 11.1. The van der Waals surface area contributed by atoms with Crippen molar-refractivity contribution < 1.29 is 17.9 Å². The number of hydrazone groups is 1. The van der Waals surface area contributed by atoms with Crippen molar-refractivity contribution in [1.29, 1.82) is 0 Å². The maximum absolute atomic E-state index is 12.2. The zero-order chi connectivity index (χ0) is 21.4. The van der Waals surface area contributed by atoms with Crippen LogP contribution in [0.15, 0.2) is 82.8 Å². The van der Waals surface area contributed by atoms with Gasteiger partial charge in [0.15, 0.2) is 11.5 Å². The van der Waals surface area contributed by atoms with Crippen LogP contribution in [0.5, 0.6) is 11.5 Å². The molecule has 0 aliphatic heterocycles. The van der Waals surface area contributed by atoms with Gasteiger partial charge in [0, 0.05) is 10.6 Å². The van der Waals surface area contributed by atoms with Gasteiger partial charge in [-0.1, -0.05) is 48.0 Å². The fourth-order valence-electron chi connectivity index (χ4n) is 2.59. The van der Waals surface area contributed by atoms with Gasteiger partial charge < -0.3 is 9.47 Å².